The van der Waals surface area contributed by atoms with Crippen molar-refractivity contribution in [3.05, 3.63) is 83.9 Å². The monoisotopic (exact) mass is 428 g/mol. The zero-order chi connectivity index (χ0) is 23.1. The quantitative estimate of drug-likeness (QED) is 0.532. The molecule has 2 N–H and O–H groups in total. The number of hydrogen-bond donors (Lipinski definition) is 2. The van der Waals surface area contributed by atoms with Gasteiger partial charge in [-0.25, -0.2) is 9.59 Å². The first-order chi connectivity index (χ1) is 14.8. The van der Waals surface area contributed by atoms with E-state index in [0.29, 0.717) is 12.2 Å². The van der Waals surface area contributed by atoms with Crippen LogP contribution in [0.1, 0.15) is 17.2 Å². The van der Waals surface area contributed by atoms with Gasteiger partial charge in [0.15, 0.2) is 0 Å². The van der Waals surface area contributed by atoms with Gasteiger partial charge >= 0.3 is 11.9 Å². The van der Waals surface area contributed by atoms with E-state index in [-0.39, 0.29) is 6.10 Å². The minimum atomic E-state index is -1.26. The molecule has 0 saturated heterocycles. The van der Waals surface area contributed by atoms with Crippen LogP contribution in [-0.4, -0.2) is 79.3 Å². The molecular formula is C24H32N2O5. The van der Waals surface area contributed by atoms with Gasteiger partial charge in [0, 0.05) is 31.8 Å². The van der Waals surface area contributed by atoms with Gasteiger partial charge < -0.3 is 24.7 Å². The number of aliphatic carboxylic acids is 2. The summed E-state index contributed by atoms with van der Waals surface area (Å²) >= 11 is 0. The van der Waals surface area contributed by atoms with Crippen molar-refractivity contribution < 1.29 is 24.5 Å². The molecule has 0 radical (unpaired) electrons. The van der Waals surface area contributed by atoms with Gasteiger partial charge in [-0.1, -0.05) is 60.7 Å². The van der Waals surface area contributed by atoms with Crippen LogP contribution in [-0.2, 0) is 14.3 Å². The van der Waals surface area contributed by atoms with Gasteiger partial charge in [0.25, 0.3) is 0 Å². The maximum Gasteiger partial charge on any atom is 0.328 e. The summed E-state index contributed by atoms with van der Waals surface area (Å²) in [5, 5.41) is 15.6. The Morgan fingerprint density at radius 2 is 1.26 bits per heavy atom. The number of carboxylic acid groups (broad SMARTS) is 2. The Balaban J connectivity index is 0.000000512. The molecule has 2 rings (SSSR count). The standard InChI is InChI=1S/C20H28N2O.C4H4O4/c1-21(2)14-15-22(3)16-17-23-20(18-10-6-4-7-11-18)19-12-8-5-9-13-19;5-3(6)1-2-4(7)8/h4-13,20H,14-17H2,1-3H3;1-2H,(H,5,6)(H,7,8)/b;2-1-. The fraction of sp³-hybridized carbons (Fsp3) is 0.333. The van der Waals surface area contributed by atoms with Gasteiger partial charge in [-0.3, -0.25) is 0 Å². The molecule has 0 saturated carbocycles. The van der Waals surface area contributed by atoms with Gasteiger partial charge in [0.05, 0.1) is 6.61 Å². The van der Waals surface area contributed by atoms with Crippen molar-refractivity contribution in [3.8, 4) is 0 Å². The lowest BCUT2D eigenvalue weighted by Crippen LogP contribution is -2.31. The summed E-state index contributed by atoms with van der Waals surface area (Å²) in [4.78, 5) is 23.6. The Morgan fingerprint density at radius 3 is 1.65 bits per heavy atom. The Hall–Kier alpha value is -3.00. The molecule has 2 aromatic rings. The summed E-state index contributed by atoms with van der Waals surface area (Å²) in [7, 11) is 6.35. The lowest BCUT2D eigenvalue weighted by atomic mass is 10.0. The van der Waals surface area contributed by atoms with Gasteiger partial charge in [-0.05, 0) is 32.3 Å². The van der Waals surface area contributed by atoms with E-state index in [1.165, 1.54) is 11.1 Å². The molecule has 0 atom stereocenters. The van der Waals surface area contributed by atoms with E-state index >= 15 is 0 Å². The lowest BCUT2D eigenvalue weighted by Gasteiger charge is -2.22. The van der Waals surface area contributed by atoms with Crippen molar-refractivity contribution in [2.75, 3.05) is 47.4 Å². The van der Waals surface area contributed by atoms with Crippen molar-refractivity contribution in [2.45, 2.75) is 6.10 Å². The number of carboxylic acids is 2. The van der Waals surface area contributed by atoms with Crippen LogP contribution in [0.5, 0.6) is 0 Å². The predicted molar refractivity (Wildman–Crippen MR) is 121 cm³/mol. The molecule has 0 fully saturated rings. The largest absolute Gasteiger partial charge is 0.478 e. The molecule has 0 aromatic heterocycles. The maximum absolute atomic E-state index is 9.55. The van der Waals surface area contributed by atoms with Gasteiger partial charge in [-0.2, -0.15) is 0 Å². The summed E-state index contributed by atoms with van der Waals surface area (Å²) in [6, 6.07) is 20.9. The fourth-order valence-corrected chi connectivity index (χ4v) is 2.59. The Kier molecular flexibility index (Phi) is 12.5. The Morgan fingerprint density at radius 1 is 0.806 bits per heavy atom. The second kappa shape index (κ2) is 14.9. The zero-order valence-corrected chi connectivity index (χ0v) is 18.3. The van der Waals surface area contributed by atoms with Crippen molar-refractivity contribution in [1.29, 1.82) is 0 Å². The van der Waals surface area contributed by atoms with Crippen molar-refractivity contribution in [1.82, 2.24) is 9.80 Å². The van der Waals surface area contributed by atoms with Crippen molar-refractivity contribution in [3.63, 3.8) is 0 Å². The number of rotatable bonds is 11. The highest BCUT2D eigenvalue weighted by atomic mass is 16.5. The molecule has 0 unspecified atom stereocenters. The highest BCUT2D eigenvalue weighted by Crippen LogP contribution is 2.25. The molecule has 0 amide bonds. The second-order valence-electron chi connectivity index (χ2n) is 7.19. The molecule has 0 heterocycles. The van der Waals surface area contributed by atoms with E-state index in [1.54, 1.807) is 0 Å². The van der Waals surface area contributed by atoms with E-state index < -0.39 is 11.9 Å². The van der Waals surface area contributed by atoms with E-state index in [9.17, 15) is 9.59 Å². The maximum atomic E-state index is 9.55. The summed E-state index contributed by atoms with van der Waals surface area (Å²) in [5.41, 5.74) is 2.41. The molecule has 7 nitrogen and oxygen atoms in total. The number of carbonyl (C=O) groups is 2. The third-order valence-electron chi connectivity index (χ3n) is 4.26. The van der Waals surface area contributed by atoms with E-state index in [4.69, 9.17) is 14.9 Å². The number of likely N-dealkylation sites (N-methyl/N-ethyl adjacent to an activating group) is 2. The molecule has 168 valence electrons. The average molecular weight is 429 g/mol. The van der Waals surface area contributed by atoms with Gasteiger partial charge in [0.2, 0.25) is 0 Å². The summed E-state index contributed by atoms with van der Waals surface area (Å²) in [6.07, 6.45) is 1.12. The third kappa shape index (κ3) is 12.3. The van der Waals surface area contributed by atoms with Crippen molar-refractivity contribution >= 4 is 11.9 Å². The molecule has 0 aliphatic heterocycles. The van der Waals surface area contributed by atoms with Crippen LogP contribution in [0, 0.1) is 0 Å². The van der Waals surface area contributed by atoms with Crippen LogP contribution in [0.3, 0.4) is 0 Å². The molecule has 0 aliphatic rings. The fourth-order valence-electron chi connectivity index (χ4n) is 2.59. The van der Waals surface area contributed by atoms with Crippen molar-refractivity contribution in [2.24, 2.45) is 0 Å². The first-order valence-electron chi connectivity index (χ1n) is 9.98. The number of benzene rings is 2. The summed E-state index contributed by atoms with van der Waals surface area (Å²) in [6.45, 7) is 3.78. The SMILES string of the molecule is CN(C)CCN(C)CCOC(c1ccccc1)c1ccccc1.O=C(O)/C=C\C(=O)O. The van der Waals surface area contributed by atoms with E-state index in [2.05, 4.69) is 79.5 Å². The van der Waals surface area contributed by atoms with Crippen LogP contribution < -0.4 is 0 Å². The minimum Gasteiger partial charge on any atom is -0.478 e. The highest BCUT2D eigenvalue weighted by Gasteiger charge is 2.14. The van der Waals surface area contributed by atoms with Gasteiger partial charge in [-0.15, -0.1) is 0 Å². The smallest absolute Gasteiger partial charge is 0.328 e. The first-order valence-corrected chi connectivity index (χ1v) is 9.98. The molecule has 7 heteroatoms. The van der Waals surface area contributed by atoms with Crippen LogP contribution >= 0.6 is 0 Å². The summed E-state index contributed by atoms with van der Waals surface area (Å²) < 4.78 is 6.24. The van der Waals surface area contributed by atoms with E-state index in [0.717, 1.165) is 26.2 Å². The van der Waals surface area contributed by atoms with Crippen LogP contribution in [0.4, 0.5) is 0 Å². The number of nitrogens with zero attached hydrogens (tertiary/aromatic N) is 2. The normalized spacial score (nSPS) is 11.0. The molecule has 31 heavy (non-hydrogen) atoms. The minimum absolute atomic E-state index is 0.000325. The lowest BCUT2D eigenvalue weighted by molar-refractivity contribution is -0.134. The third-order valence-corrected chi connectivity index (χ3v) is 4.26. The molecule has 0 aliphatic carbocycles. The topological polar surface area (TPSA) is 90.3 Å². The van der Waals surface area contributed by atoms with Crippen LogP contribution in [0.25, 0.3) is 0 Å². The zero-order valence-electron chi connectivity index (χ0n) is 18.3. The number of ether oxygens (including phenoxy) is 1. The Bertz CT molecular complexity index is 739. The van der Waals surface area contributed by atoms with Crippen LogP contribution in [0.15, 0.2) is 72.8 Å². The highest BCUT2D eigenvalue weighted by molar-refractivity contribution is 5.89. The molecular weight excluding hydrogens is 396 g/mol. The Labute approximate surface area is 184 Å². The summed E-state index contributed by atoms with van der Waals surface area (Å²) in [5.74, 6) is -2.51. The molecule has 0 bridgehead atoms. The number of hydrogen-bond acceptors (Lipinski definition) is 5. The molecule has 0 spiro atoms. The predicted octanol–water partition coefficient (Wildman–Crippen LogP) is 3.00. The first kappa shape index (κ1) is 26.0. The average Bonchev–Trinajstić information content (AvgIpc) is 2.75. The van der Waals surface area contributed by atoms with E-state index in [1.807, 2.05) is 12.1 Å². The van der Waals surface area contributed by atoms with Gasteiger partial charge in [0.1, 0.15) is 6.10 Å². The second-order valence-corrected chi connectivity index (χ2v) is 7.19. The molecule has 2 aromatic carbocycles. The van der Waals surface area contributed by atoms with Crippen LogP contribution in [0.2, 0.25) is 0 Å².